The summed E-state index contributed by atoms with van der Waals surface area (Å²) < 4.78 is 5.45. The highest BCUT2D eigenvalue weighted by molar-refractivity contribution is 5.76. The normalized spacial score (nSPS) is 27.1. The fourth-order valence-corrected chi connectivity index (χ4v) is 4.91. The van der Waals surface area contributed by atoms with Crippen LogP contribution in [-0.2, 0) is 21.5 Å². The van der Waals surface area contributed by atoms with Crippen molar-refractivity contribution in [2.45, 2.75) is 103 Å². The van der Waals surface area contributed by atoms with Gasteiger partial charge in [-0.15, -0.1) is 0 Å². The second kappa shape index (κ2) is 9.72. The molecule has 2 aliphatic rings. The van der Waals surface area contributed by atoms with Crippen molar-refractivity contribution < 1.29 is 14.1 Å². The van der Waals surface area contributed by atoms with Crippen LogP contribution in [0.15, 0.2) is 4.52 Å². The first-order valence-electron chi connectivity index (χ1n) is 11.3. The Balaban J connectivity index is 1.58. The summed E-state index contributed by atoms with van der Waals surface area (Å²) >= 11 is 0. The number of hydrogen-bond donors (Lipinski definition) is 2. The maximum Gasteiger partial charge on any atom is 0.227 e. The Hall–Kier alpha value is -1.92. The van der Waals surface area contributed by atoms with Gasteiger partial charge in [0.15, 0.2) is 5.82 Å². The quantitative estimate of drug-likeness (QED) is 0.706. The predicted molar refractivity (Wildman–Crippen MR) is 110 cm³/mol. The molecule has 29 heavy (non-hydrogen) atoms. The molecule has 0 saturated heterocycles. The van der Waals surface area contributed by atoms with Crippen molar-refractivity contribution in [3.8, 4) is 0 Å². The van der Waals surface area contributed by atoms with Gasteiger partial charge in [0.2, 0.25) is 17.7 Å². The largest absolute Gasteiger partial charge is 0.353 e. The third-order valence-corrected chi connectivity index (χ3v) is 6.89. The molecule has 7 heteroatoms. The summed E-state index contributed by atoms with van der Waals surface area (Å²) in [4.78, 5) is 28.8. The summed E-state index contributed by atoms with van der Waals surface area (Å²) in [5, 5.41) is 10.5. The number of aryl methyl sites for hydroxylation is 1. The van der Waals surface area contributed by atoms with Gasteiger partial charge in [-0.05, 0) is 31.1 Å². The van der Waals surface area contributed by atoms with Crippen LogP contribution in [0.2, 0.25) is 0 Å². The van der Waals surface area contributed by atoms with Crippen molar-refractivity contribution in [3.63, 3.8) is 0 Å². The number of aromatic nitrogens is 2. The summed E-state index contributed by atoms with van der Waals surface area (Å²) in [6.45, 7) is 6.03. The van der Waals surface area contributed by atoms with E-state index in [1.165, 1.54) is 19.8 Å². The highest BCUT2D eigenvalue weighted by Crippen LogP contribution is 2.34. The van der Waals surface area contributed by atoms with E-state index in [0.29, 0.717) is 36.4 Å². The molecule has 2 fully saturated rings. The lowest BCUT2D eigenvalue weighted by Gasteiger charge is -2.34. The monoisotopic (exact) mass is 404 g/mol. The SMILES string of the molecule is CC(=O)NC1(c2noc(CCC(=O)NC3CCCC(C)C3C)n2)CCCCCC1. The summed E-state index contributed by atoms with van der Waals surface area (Å²) in [5.74, 6) is 2.15. The minimum atomic E-state index is -0.542. The number of carbonyl (C=O) groups excluding carboxylic acids is 2. The summed E-state index contributed by atoms with van der Waals surface area (Å²) in [5.41, 5.74) is -0.542. The number of carbonyl (C=O) groups is 2. The van der Waals surface area contributed by atoms with E-state index in [9.17, 15) is 9.59 Å². The Kier molecular flexibility index (Phi) is 7.30. The van der Waals surface area contributed by atoms with Gasteiger partial charge in [0.05, 0.1) is 0 Å². The highest BCUT2D eigenvalue weighted by atomic mass is 16.5. The van der Waals surface area contributed by atoms with Crippen molar-refractivity contribution in [2.24, 2.45) is 11.8 Å². The van der Waals surface area contributed by atoms with Crippen LogP contribution >= 0.6 is 0 Å². The van der Waals surface area contributed by atoms with Crippen LogP contribution in [0.1, 0.15) is 96.7 Å². The summed E-state index contributed by atoms with van der Waals surface area (Å²) in [6, 6.07) is 0.263. The molecular weight excluding hydrogens is 368 g/mol. The summed E-state index contributed by atoms with van der Waals surface area (Å²) in [7, 11) is 0. The number of rotatable bonds is 6. The van der Waals surface area contributed by atoms with Crippen LogP contribution in [-0.4, -0.2) is 28.0 Å². The average Bonchev–Trinajstić information content (AvgIpc) is 3.04. The zero-order valence-corrected chi connectivity index (χ0v) is 18.1. The molecule has 2 amide bonds. The lowest BCUT2D eigenvalue weighted by Crippen LogP contribution is -2.45. The molecule has 0 radical (unpaired) electrons. The van der Waals surface area contributed by atoms with E-state index in [4.69, 9.17) is 4.52 Å². The van der Waals surface area contributed by atoms with Crippen LogP contribution in [0.4, 0.5) is 0 Å². The first-order valence-corrected chi connectivity index (χ1v) is 11.3. The molecule has 0 aromatic carbocycles. The Bertz CT molecular complexity index is 694. The maximum atomic E-state index is 12.4. The maximum absolute atomic E-state index is 12.4. The average molecular weight is 405 g/mol. The van der Waals surface area contributed by atoms with E-state index in [1.54, 1.807) is 0 Å². The van der Waals surface area contributed by atoms with Crippen molar-refractivity contribution in [1.82, 2.24) is 20.8 Å². The van der Waals surface area contributed by atoms with Gasteiger partial charge in [0.25, 0.3) is 0 Å². The minimum absolute atomic E-state index is 0.0433. The van der Waals surface area contributed by atoms with E-state index in [1.807, 2.05) is 0 Å². The second-order valence-electron chi connectivity index (χ2n) is 9.13. The fourth-order valence-electron chi connectivity index (χ4n) is 4.91. The molecule has 2 N–H and O–H groups in total. The van der Waals surface area contributed by atoms with Crippen molar-refractivity contribution in [3.05, 3.63) is 11.7 Å². The van der Waals surface area contributed by atoms with Crippen molar-refractivity contribution >= 4 is 11.8 Å². The van der Waals surface area contributed by atoms with Gasteiger partial charge in [-0.25, -0.2) is 0 Å². The number of nitrogens with one attached hydrogen (secondary N) is 2. The molecular formula is C22H36N4O3. The molecule has 2 saturated carbocycles. The number of nitrogens with zero attached hydrogens (tertiary/aromatic N) is 2. The molecule has 1 aromatic rings. The molecule has 7 nitrogen and oxygen atoms in total. The topological polar surface area (TPSA) is 97.1 Å². The zero-order chi connectivity index (χ0) is 20.9. The fraction of sp³-hybridized carbons (Fsp3) is 0.818. The molecule has 1 heterocycles. The van der Waals surface area contributed by atoms with Crippen LogP contribution in [0.3, 0.4) is 0 Å². The van der Waals surface area contributed by atoms with Gasteiger partial charge in [0.1, 0.15) is 5.54 Å². The first-order chi connectivity index (χ1) is 13.9. The Morgan fingerprint density at radius 1 is 1.10 bits per heavy atom. The van der Waals surface area contributed by atoms with E-state index in [2.05, 4.69) is 34.6 Å². The lowest BCUT2D eigenvalue weighted by atomic mass is 9.78. The standard InChI is InChI=1S/C22H36N4O3/c1-15-9-8-10-18(16(15)2)23-19(28)11-12-20-24-21(26-29-20)22(25-17(3)27)13-6-4-5-7-14-22/h15-16,18H,4-14H2,1-3H3,(H,23,28)(H,25,27). The minimum Gasteiger partial charge on any atom is -0.353 e. The first kappa shape index (κ1) is 21.8. The smallest absolute Gasteiger partial charge is 0.227 e. The number of hydrogen-bond acceptors (Lipinski definition) is 5. The van der Waals surface area contributed by atoms with Gasteiger partial charge in [-0.3, -0.25) is 9.59 Å². The third-order valence-electron chi connectivity index (χ3n) is 6.89. The molecule has 162 valence electrons. The molecule has 1 aromatic heterocycles. The van der Waals surface area contributed by atoms with Gasteiger partial charge in [-0.1, -0.05) is 57.5 Å². The van der Waals surface area contributed by atoms with E-state index in [-0.39, 0.29) is 17.9 Å². The molecule has 0 aliphatic heterocycles. The molecule has 2 aliphatic carbocycles. The third kappa shape index (κ3) is 5.58. The van der Waals surface area contributed by atoms with Gasteiger partial charge in [-0.2, -0.15) is 4.98 Å². The van der Waals surface area contributed by atoms with Gasteiger partial charge < -0.3 is 15.2 Å². The van der Waals surface area contributed by atoms with Crippen LogP contribution in [0, 0.1) is 11.8 Å². The molecule has 3 unspecified atom stereocenters. The van der Waals surface area contributed by atoms with E-state index in [0.717, 1.165) is 44.9 Å². The predicted octanol–water partition coefficient (Wildman–Crippen LogP) is 3.63. The van der Waals surface area contributed by atoms with Crippen LogP contribution in [0.25, 0.3) is 0 Å². The molecule has 0 bridgehead atoms. The molecule has 0 spiro atoms. The van der Waals surface area contributed by atoms with E-state index < -0.39 is 5.54 Å². The van der Waals surface area contributed by atoms with Crippen molar-refractivity contribution in [2.75, 3.05) is 0 Å². The highest BCUT2D eigenvalue weighted by Gasteiger charge is 2.38. The van der Waals surface area contributed by atoms with Crippen molar-refractivity contribution in [1.29, 1.82) is 0 Å². The second-order valence-corrected chi connectivity index (χ2v) is 9.13. The molecule has 3 rings (SSSR count). The molecule has 3 atom stereocenters. The lowest BCUT2D eigenvalue weighted by molar-refractivity contribution is -0.123. The number of amides is 2. The van der Waals surface area contributed by atoms with Crippen LogP contribution < -0.4 is 10.6 Å². The Morgan fingerprint density at radius 3 is 2.52 bits per heavy atom. The van der Waals surface area contributed by atoms with Gasteiger partial charge >= 0.3 is 0 Å². The Labute approximate surface area is 173 Å². The summed E-state index contributed by atoms with van der Waals surface area (Å²) in [6.07, 6.45) is 10.3. The van der Waals surface area contributed by atoms with E-state index >= 15 is 0 Å². The van der Waals surface area contributed by atoms with Gasteiger partial charge in [0, 0.05) is 25.8 Å². The zero-order valence-electron chi connectivity index (χ0n) is 18.1. The van der Waals surface area contributed by atoms with Crippen LogP contribution in [0.5, 0.6) is 0 Å². The Morgan fingerprint density at radius 2 is 1.83 bits per heavy atom.